The highest BCUT2D eigenvalue weighted by atomic mass is 79.9. The van der Waals surface area contributed by atoms with Crippen LogP contribution >= 0.6 is 15.9 Å². The predicted octanol–water partition coefficient (Wildman–Crippen LogP) is 3.82. The van der Waals surface area contributed by atoms with Crippen molar-refractivity contribution in [2.45, 2.75) is 0 Å². The van der Waals surface area contributed by atoms with Gasteiger partial charge in [-0.3, -0.25) is 4.79 Å². The molecule has 0 bridgehead atoms. The first-order valence-electron chi connectivity index (χ1n) is 4.74. The number of ketones is 1. The lowest BCUT2D eigenvalue weighted by molar-refractivity contribution is 0.103. The van der Waals surface area contributed by atoms with E-state index in [1.807, 2.05) is 6.07 Å². The Morgan fingerprint density at radius 2 is 1.69 bits per heavy atom. The number of carbonyl (C=O) groups excluding carboxylic acids is 1. The predicted molar refractivity (Wildman–Crippen MR) is 64.0 cm³/mol. The molecule has 3 heteroatoms. The molecule has 2 aromatic carbocycles. The lowest BCUT2D eigenvalue weighted by atomic mass is 10.0. The Morgan fingerprint density at radius 1 is 1.00 bits per heavy atom. The van der Waals surface area contributed by atoms with E-state index < -0.39 is 5.82 Å². The van der Waals surface area contributed by atoms with Crippen LogP contribution in [-0.2, 0) is 0 Å². The molecular weight excluding hydrogens is 271 g/mol. The fourth-order valence-corrected chi connectivity index (χ4v) is 1.79. The third-order valence-electron chi connectivity index (χ3n) is 2.23. The van der Waals surface area contributed by atoms with Gasteiger partial charge in [-0.2, -0.15) is 0 Å². The molecule has 0 aromatic heterocycles. The van der Waals surface area contributed by atoms with Gasteiger partial charge in [0.25, 0.3) is 0 Å². The summed E-state index contributed by atoms with van der Waals surface area (Å²) in [5.41, 5.74) is 0.570. The van der Waals surface area contributed by atoms with E-state index in [1.165, 1.54) is 6.07 Å². The zero-order valence-corrected chi connectivity index (χ0v) is 9.87. The first-order chi connectivity index (χ1) is 7.70. The van der Waals surface area contributed by atoms with Crippen LogP contribution in [0, 0.1) is 5.82 Å². The lowest BCUT2D eigenvalue weighted by Crippen LogP contribution is -2.04. The van der Waals surface area contributed by atoms with Crippen LogP contribution in [0.5, 0.6) is 0 Å². The van der Waals surface area contributed by atoms with Crippen LogP contribution < -0.4 is 0 Å². The Morgan fingerprint density at radius 3 is 2.38 bits per heavy atom. The molecular formula is C13H8BrFO. The highest BCUT2D eigenvalue weighted by Gasteiger charge is 2.14. The Hall–Kier alpha value is -1.48. The summed E-state index contributed by atoms with van der Waals surface area (Å²) >= 11 is 3.06. The van der Waals surface area contributed by atoms with Gasteiger partial charge in [0.2, 0.25) is 0 Å². The molecule has 0 spiro atoms. The first-order valence-corrected chi connectivity index (χ1v) is 5.53. The zero-order chi connectivity index (χ0) is 11.5. The maximum Gasteiger partial charge on any atom is 0.196 e. The molecule has 0 aliphatic rings. The molecule has 0 saturated heterocycles. The van der Waals surface area contributed by atoms with Crippen molar-refractivity contribution < 1.29 is 9.18 Å². The van der Waals surface area contributed by atoms with E-state index in [4.69, 9.17) is 0 Å². The first kappa shape index (κ1) is 11.0. The Labute approximate surface area is 101 Å². The summed E-state index contributed by atoms with van der Waals surface area (Å²) in [6, 6.07) is 13.3. The third-order valence-corrected chi connectivity index (χ3v) is 2.84. The van der Waals surface area contributed by atoms with Gasteiger partial charge in [0.05, 0.1) is 10.0 Å². The van der Waals surface area contributed by atoms with Gasteiger partial charge in [-0.25, -0.2) is 4.39 Å². The molecule has 0 radical (unpaired) electrons. The summed E-state index contributed by atoms with van der Waals surface area (Å²) in [7, 11) is 0. The number of halogens is 2. The smallest absolute Gasteiger partial charge is 0.196 e. The molecule has 16 heavy (non-hydrogen) atoms. The minimum absolute atomic E-state index is 0.0839. The van der Waals surface area contributed by atoms with Gasteiger partial charge in [-0.05, 0) is 28.1 Å². The van der Waals surface area contributed by atoms with E-state index in [9.17, 15) is 9.18 Å². The average Bonchev–Trinajstić information content (AvgIpc) is 2.33. The van der Waals surface area contributed by atoms with Crippen molar-refractivity contribution in [3.05, 3.63) is 69.9 Å². The number of carbonyl (C=O) groups is 1. The lowest BCUT2D eigenvalue weighted by Gasteiger charge is -2.03. The molecule has 0 fully saturated rings. The fraction of sp³-hybridized carbons (Fsp3) is 0. The molecule has 2 rings (SSSR count). The second-order valence-electron chi connectivity index (χ2n) is 3.30. The normalized spacial score (nSPS) is 10.1. The van der Waals surface area contributed by atoms with Crippen molar-refractivity contribution >= 4 is 21.7 Å². The van der Waals surface area contributed by atoms with Crippen LogP contribution in [0.25, 0.3) is 0 Å². The maximum atomic E-state index is 13.7. The van der Waals surface area contributed by atoms with Gasteiger partial charge < -0.3 is 0 Å². The Bertz CT molecular complexity index is 523. The van der Waals surface area contributed by atoms with Crippen LogP contribution in [0.1, 0.15) is 15.9 Å². The van der Waals surface area contributed by atoms with E-state index in [0.717, 1.165) is 0 Å². The van der Waals surface area contributed by atoms with Crippen LogP contribution in [-0.4, -0.2) is 5.78 Å². The average molecular weight is 279 g/mol. The van der Waals surface area contributed by atoms with Crippen molar-refractivity contribution in [2.24, 2.45) is 0 Å². The molecule has 0 aliphatic carbocycles. The summed E-state index contributed by atoms with van der Waals surface area (Å²) < 4.78 is 14.0. The van der Waals surface area contributed by atoms with Gasteiger partial charge in [0, 0.05) is 5.56 Å². The number of rotatable bonds is 2. The van der Waals surface area contributed by atoms with Gasteiger partial charge >= 0.3 is 0 Å². The van der Waals surface area contributed by atoms with E-state index in [2.05, 4.69) is 15.9 Å². The van der Waals surface area contributed by atoms with Crippen molar-refractivity contribution in [3.63, 3.8) is 0 Å². The SMILES string of the molecule is O=C(c1ccccc1)c1cccc(Br)c1F. The van der Waals surface area contributed by atoms with E-state index >= 15 is 0 Å². The van der Waals surface area contributed by atoms with Crippen molar-refractivity contribution in [1.82, 2.24) is 0 Å². The quantitative estimate of drug-likeness (QED) is 0.764. The summed E-state index contributed by atoms with van der Waals surface area (Å²) in [6.45, 7) is 0. The number of hydrogen-bond acceptors (Lipinski definition) is 1. The van der Waals surface area contributed by atoms with E-state index in [0.29, 0.717) is 10.0 Å². The topological polar surface area (TPSA) is 17.1 Å². The number of hydrogen-bond donors (Lipinski definition) is 0. The maximum absolute atomic E-state index is 13.7. The van der Waals surface area contributed by atoms with Gasteiger partial charge in [0.1, 0.15) is 5.82 Å². The molecule has 80 valence electrons. The van der Waals surface area contributed by atoms with Gasteiger partial charge in [-0.1, -0.05) is 36.4 Å². The fourth-order valence-electron chi connectivity index (χ4n) is 1.42. The molecule has 0 N–H and O–H groups in total. The van der Waals surface area contributed by atoms with Crippen LogP contribution in [0.15, 0.2) is 53.0 Å². The highest BCUT2D eigenvalue weighted by molar-refractivity contribution is 9.10. The molecule has 0 amide bonds. The monoisotopic (exact) mass is 278 g/mol. The molecule has 0 unspecified atom stereocenters. The van der Waals surface area contributed by atoms with Gasteiger partial charge in [-0.15, -0.1) is 0 Å². The van der Waals surface area contributed by atoms with Crippen molar-refractivity contribution in [1.29, 1.82) is 0 Å². The third kappa shape index (κ3) is 2.04. The molecule has 0 heterocycles. The van der Waals surface area contributed by atoms with Crippen molar-refractivity contribution in [2.75, 3.05) is 0 Å². The summed E-state index contributed by atoms with van der Waals surface area (Å²) in [5.74, 6) is -0.823. The minimum atomic E-state index is -0.517. The molecule has 0 aliphatic heterocycles. The molecule has 0 atom stereocenters. The minimum Gasteiger partial charge on any atom is -0.288 e. The summed E-state index contributed by atoms with van der Waals surface area (Å²) in [5, 5.41) is 0. The zero-order valence-electron chi connectivity index (χ0n) is 8.28. The Balaban J connectivity index is 2.46. The second kappa shape index (κ2) is 4.58. The second-order valence-corrected chi connectivity index (χ2v) is 4.15. The largest absolute Gasteiger partial charge is 0.288 e. The Kier molecular flexibility index (Phi) is 3.15. The standard InChI is InChI=1S/C13H8BrFO/c14-11-8-4-7-10(12(11)15)13(16)9-5-2-1-3-6-9/h1-8H. The summed E-state index contributed by atoms with van der Waals surface area (Å²) in [6.07, 6.45) is 0. The number of benzene rings is 2. The van der Waals surface area contributed by atoms with Crippen LogP contribution in [0.3, 0.4) is 0 Å². The molecule has 2 aromatic rings. The molecule has 1 nitrogen and oxygen atoms in total. The van der Waals surface area contributed by atoms with Crippen LogP contribution in [0.2, 0.25) is 0 Å². The molecule has 0 saturated carbocycles. The van der Waals surface area contributed by atoms with E-state index in [-0.39, 0.29) is 11.3 Å². The van der Waals surface area contributed by atoms with Crippen molar-refractivity contribution in [3.8, 4) is 0 Å². The van der Waals surface area contributed by atoms with E-state index in [1.54, 1.807) is 36.4 Å². The van der Waals surface area contributed by atoms with Crippen LogP contribution in [0.4, 0.5) is 4.39 Å². The summed E-state index contributed by atoms with van der Waals surface area (Å²) in [4.78, 5) is 12.0. The highest BCUT2D eigenvalue weighted by Crippen LogP contribution is 2.20. The van der Waals surface area contributed by atoms with Gasteiger partial charge in [0.15, 0.2) is 5.78 Å².